The number of aromatic nitrogens is 3. The Kier molecular flexibility index (Phi) is 6.47. The maximum atomic E-state index is 13.8. The number of carbonyl (C=O) groups is 1. The number of H-pyrrole nitrogens is 1. The van der Waals surface area contributed by atoms with Gasteiger partial charge in [-0.2, -0.15) is 0 Å². The van der Waals surface area contributed by atoms with E-state index in [0.717, 1.165) is 0 Å². The topological polar surface area (TPSA) is 114 Å². The molecule has 0 aliphatic carbocycles. The minimum Gasteiger partial charge on any atom is -0.383 e. The van der Waals surface area contributed by atoms with Crippen molar-refractivity contribution in [2.45, 2.75) is 41.2 Å². The second kappa shape index (κ2) is 8.94. The van der Waals surface area contributed by atoms with Crippen LogP contribution in [0.25, 0.3) is 10.9 Å². The molecule has 2 heterocycles. The predicted octanol–water partition coefficient (Wildman–Crippen LogP) is 3.07. The summed E-state index contributed by atoms with van der Waals surface area (Å²) < 4.78 is 15.0. The molecule has 0 saturated heterocycles. The summed E-state index contributed by atoms with van der Waals surface area (Å²) >= 11 is 0. The number of amides is 1. The highest BCUT2D eigenvalue weighted by molar-refractivity contribution is 6.14. The molecule has 3 N–H and O–H groups in total. The summed E-state index contributed by atoms with van der Waals surface area (Å²) in [6.45, 7) is 9.82. The highest BCUT2D eigenvalue weighted by atomic mass is 19.1. The lowest BCUT2D eigenvalue weighted by atomic mass is 10.0. The monoisotopic (exact) mass is 441 g/mol. The minimum absolute atomic E-state index is 0.00475. The van der Waals surface area contributed by atoms with E-state index >= 15 is 0 Å². The van der Waals surface area contributed by atoms with Crippen LogP contribution in [-0.2, 0) is 6.54 Å². The van der Waals surface area contributed by atoms with Crippen LogP contribution in [0.5, 0.6) is 0 Å². The average molecular weight is 442 g/mol. The Labute approximate surface area is 184 Å². The van der Waals surface area contributed by atoms with E-state index in [1.54, 1.807) is 13.0 Å². The van der Waals surface area contributed by atoms with Gasteiger partial charge in [0.15, 0.2) is 5.69 Å². The molecular weight excluding hydrogens is 413 g/mol. The Morgan fingerprint density at radius 1 is 1.19 bits per heavy atom. The van der Waals surface area contributed by atoms with Crippen LogP contribution in [0, 0.1) is 24.6 Å². The van der Waals surface area contributed by atoms with E-state index in [0.29, 0.717) is 16.6 Å². The third-order valence-corrected chi connectivity index (χ3v) is 4.96. The predicted molar refractivity (Wildman–Crippen MR) is 124 cm³/mol. The van der Waals surface area contributed by atoms with Gasteiger partial charge in [-0.15, -0.1) is 0 Å². The number of nitrogens with two attached hydrogens (primary N) is 1. The van der Waals surface area contributed by atoms with Gasteiger partial charge in [0.05, 0.1) is 11.1 Å². The van der Waals surface area contributed by atoms with E-state index in [4.69, 9.17) is 5.73 Å². The van der Waals surface area contributed by atoms with Crippen molar-refractivity contribution in [2.24, 2.45) is 11.8 Å². The number of carbonyl (C=O) groups excluding carboxylic acids is 1. The second-order valence-electron chi connectivity index (χ2n) is 8.78. The third-order valence-electron chi connectivity index (χ3n) is 4.96. The minimum atomic E-state index is -0.734. The summed E-state index contributed by atoms with van der Waals surface area (Å²) in [5.41, 5.74) is 5.98. The Morgan fingerprint density at radius 3 is 2.50 bits per heavy atom. The van der Waals surface area contributed by atoms with Gasteiger partial charge in [-0.3, -0.25) is 24.1 Å². The van der Waals surface area contributed by atoms with Crippen molar-refractivity contribution in [3.63, 3.8) is 0 Å². The molecule has 8 nitrogen and oxygen atoms in total. The van der Waals surface area contributed by atoms with Gasteiger partial charge in [0.1, 0.15) is 11.6 Å². The number of pyridine rings is 1. The van der Waals surface area contributed by atoms with Crippen LogP contribution in [0.4, 0.5) is 15.9 Å². The molecule has 0 saturated carbocycles. The van der Waals surface area contributed by atoms with Crippen LogP contribution in [0.15, 0.2) is 33.9 Å². The molecule has 9 heteroatoms. The van der Waals surface area contributed by atoms with Gasteiger partial charge >= 0.3 is 5.69 Å². The zero-order valence-corrected chi connectivity index (χ0v) is 18.9. The Bertz CT molecular complexity index is 1290. The summed E-state index contributed by atoms with van der Waals surface area (Å²) in [7, 11) is 0. The van der Waals surface area contributed by atoms with Gasteiger partial charge in [0, 0.05) is 30.2 Å². The van der Waals surface area contributed by atoms with Crippen molar-refractivity contribution in [1.29, 1.82) is 0 Å². The van der Waals surface area contributed by atoms with Crippen LogP contribution in [0.3, 0.4) is 0 Å². The standard InChI is InChI=1S/C23H28FN5O3/c1-12(2)10-28(19-20(25)29(11-13(3)4)23(32)27-21(19)30)22(31)17-8-14(5)26-18-9-15(24)6-7-16(17)18/h6-9,12-13H,10-11,25H2,1-5H3,(H,27,30,32). The van der Waals surface area contributed by atoms with Gasteiger partial charge < -0.3 is 10.6 Å². The van der Waals surface area contributed by atoms with Crippen molar-refractivity contribution >= 4 is 28.3 Å². The number of hydrogen-bond donors (Lipinski definition) is 2. The lowest BCUT2D eigenvalue weighted by Gasteiger charge is -2.27. The van der Waals surface area contributed by atoms with Gasteiger partial charge in [0.2, 0.25) is 0 Å². The van der Waals surface area contributed by atoms with E-state index in [2.05, 4.69) is 9.97 Å². The zero-order chi connectivity index (χ0) is 23.7. The molecule has 0 aliphatic rings. The number of aromatic amines is 1. The van der Waals surface area contributed by atoms with E-state index in [1.807, 2.05) is 27.7 Å². The first-order valence-electron chi connectivity index (χ1n) is 10.5. The van der Waals surface area contributed by atoms with Crippen LogP contribution in [0.2, 0.25) is 0 Å². The van der Waals surface area contributed by atoms with Crippen LogP contribution in [0.1, 0.15) is 43.7 Å². The fourth-order valence-electron chi connectivity index (χ4n) is 3.68. The Balaban J connectivity index is 2.26. The molecule has 3 aromatic rings. The molecule has 0 atom stereocenters. The van der Waals surface area contributed by atoms with Crippen LogP contribution >= 0.6 is 0 Å². The summed E-state index contributed by atoms with van der Waals surface area (Å²) in [4.78, 5) is 46.9. The molecule has 1 aromatic carbocycles. The largest absolute Gasteiger partial charge is 0.383 e. The normalized spacial score (nSPS) is 11.5. The first kappa shape index (κ1) is 23.2. The number of nitrogens with one attached hydrogen (secondary N) is 1. The SMILES string of the molecule is Cc1cc(C(=O)N(CC(C)C)c2c(N)n(CC(C)C)c(=O)[nH]c2=O)c2ccc(F)cc2n1. The maximum absolute atomic E-state index is 13.8. The van der Waals surface area contributed by atoms with Crippen molar-refractivity contribution in [3.05, 3.63) is 62.2 Å². The molecule has 0 unspecified atom stereocenters. The molecule has 0 fully saturated rings. The maximum Gasteiger partial charge on any atom is 0.330 e. The van der Waals surface area contributed by atoms with E-state index < -0.39 is 23.0 Å². The second-order valence-corrected chi connectivity index (χ2v) is 8.78. The van der Waals surface area contributed by atoms with Crippen LogP contribution < -0.4 is 21.9 Å². The Hall–Kier alpha value is -3.49. The van der Waals surface area contributed by atoms with Crippen molar-refractivity contribution in [2.75, 3.05) is 17.2 Å². The highest BCUT2D eigenvalue weighted by Crippen LogP contribution is 2.26. The molecule has 170 valence electrons. The average Bonchev–Trinajstić information content (AvgIpc) is 2.68. The van der Waals surface area contributed by atoms with Crippen molar-refractivity contribution < 1.29 is 9.18 Å². The summed E-state index contributed by atoms with van der Waals surface area (Å²) in [5.74, 6) is -0.927. The molecule has 0 radical (unpaired) electrons. The van der Waals surface area contributed by atoms with E-state index in [1.165, 1.54) is 27.7 Å². The van der Waals surface area contributed by atoms with Crippen LogP contribution in [-0.4, -0.2) is 27.0 Å². The van der Waals surface area contributed by atoms with E-state index in [9.17, 15) is 18.8 Å². The summed E-state index contributed by atoms with van der Waals surface area (Å²) in [5, 5.41) is 0.459. The lowest BCUT2D eigenvalue weighted by Crippen LogP contribution is -2.43. The first-order valence-corrected chi connectivity index (χ1v) is 10.5. The zero-order valence-electron chi connectivity index (χ0n) is 18.9. The number of halogens is 1. The molecule has 0 bridgehead atoms. The van der Waals surface area contributed by atoms with Gasteiger partial charge in [-0.25, -0.2) is 9.18 Å². The number of rotatable bonds is 6. The first-order chi connectivity index (χ1) is 15.0. The smallest absolute Gasteiger partial charge is 0.330 e. The third kappa shape index (κ3) is 4.56. The number of hydrogen-bond acceptors (Lipinski definition) is 5. The molecule has 2 aromatic heterocycles. The number of nitrogen functional groups attached to an aromatic ring is 1. The highest BCUT2D eigenvalue weighted by Gasteiger charge is 2.27. The number of nitrogens with zero attached hydrogens (tertiary/aromatic N) is 3. The number of fused-ring (bicyclic) bond motifs is 1. The fraction of sp³-hybridized carbons (Fsp3) is 0.391. The van der Waals surface area contributed by atoms with E-state index in [-0.39, 0.29) is 42.0 Å². The van der Waals surface area contributed by atoms with Gasteiger partial charge in [-0.1, -0.05) is 27.7 Å². The molecular formula is C23H28FN5O3. The van der Waals surface area contributed by atoms with Crippen molar-refractivity contribution in [1.82, 2.24) is 14.5 Å². The van der Waals surface area contributed by atoms with Crippen molar-refractivity contribution in [3.8, 4) is 0 Å². The molecule has 3 rings (SSSR count). The van der Waals surface area contributed by atoms with Gasteiger partial charge in [-0.05, 0) is 37.0 Å². The molecule has 1 amide bonds. The quantitative estimate of drug-likeness (QED) is 0.610. The molecule has 0 spiro atoms. The fourth-order valence-corrected chi connectivity index (χ4v) is 3.68. The van der Waals surface area contributed by atoms with Gasteiger partial charge in [0.25, 0.3) is 11.5 Å². The molecule has 0 aliphatic heterocycles. The lowest BCUT2D eigenvalue weighted by molar-refractivity contribution is 0.0985. The number of benzene rings is 1. The summed E-state index contributed by atoms with van der Waals surface area (Å²) in [6, 6.07) is 5.61. The number of anilines is 2. The summed E-state index contributed by atoms with van der Waals surface area (Å²) in [6.07, 6.45) is 0. The molecule has 32 heavy (non-hydrogen) atoms. The number of aryl methyl sites for hydroxylation is 1. The Morgan fingerprint density at radius 2 is 1.88 bits per heavy atom.